The van der Waals surface area contributed by atoms with Crippen LogP contribution in [0.4, 0.5) is 0 Å². The Balaban J connectivity index is 2.71. The maximum Gasteiger partial charge on any atom is 0.103 e. The molecule has 0 amide bonds. The smallest absolute Gasteiger partial charge is 0.103 e. The molecule has 0 radical (unpaired) electrons. The van der Waals surface area contributed by atoms with Crippen LogP contribution in [0.1, 0.15) is 63.5 Å². The fraction of sp³-hybridized carbons (Fsp3) is 0.812. The van der Waals surface area contributed by atoms with Crippen LogP contribution in [-0.4, -0.2) is 16.3 Å². The Hall–Kier alpha value is -0.0600. The monoisotopic (exact) mass is 314 g/mol. The molecule has 0 spiro atoms. The lowest BCUT2D eigenvalue weighted by atomic mass is 10.1. The van der Waals surface area contributed by atoms with Crippen LogP contribution in [0.2, 0.25) is 0 Å². The number of hydrogen-bond donors (Lipinski definition) is 1. The predicted octanol–water partition coefficient (Wildman–Crippen LogP) is 4.87. The van der Waals surface area contributed by atoms with Gasteiger partial charge in [-0.15, -0.1) is 11.3 Å². The summed E-state index contributed by atoms with van der Waals surface area (Å²) >= 11 is 3.92. The van der Waals surface area contributed by atoms with Crippen LogP contribution in [-0.2, 0) is 18.7 Å². The average Bonchev–Trinajstić information content (AvgIpc) is 2.75. The van der Waals surface area contributed by atoms with Gasteiger partial charge in [-0.05, 0) is 18.8 Å². The Morgan fingerprint density at radius 2 is 1.90 bits per heavy atom. The Morgan fingerprint density at radius 3 is 2.45 bits per heavy atom. The normalized spacial score (nSPS) is 13.4. The van der Waals surface area contributed by atoms with Crippen LogP contribution in [0.3, 0.4) is 0 Å². The Bertz CT molecular complexity index is 386. The molecule has 1 heterocycles. The third kappa shape index (κ3) is 6.59. The molecule has 2 nitrogen and oxygen atoms in total. The highest BCUT2D eigenvalue weighted by molar-refractivity contribution is 7.99. The Kier molecular flexibility index (Phi) is 8.15. The topological polar surface area (TPSA) is 24.9 Å². The second-order valence-corrected chi connectivity index (χ2v) is 8.74. The van der Waals surface area contributed by atoms with E-state index in [1.807, 2.05) is 23.1 Å². The van der Waals surface area contributed by atoms with Crippen molar-refractivity contribution in [1.82, 2.24) is 10.3 Å². The molecule has 0 aliphatic heterocycles. The summed E-state index contributed by atoms with van der Waals surface area (Å²) in [5.74, 6) is 1.73. The van der Waals surface area contributed by atoms with Crippen LogP contribution in [0.15, 0.2) is 0 Å². The SMILES string of the molecule is CCC(C)SCc1nc(CC(C)C)c(CNC(C)C)s1. The highest BCUT2D eigenvalue weighted by atomic mass is 32.2. The largest absolute Gasteiger partial charge is 0.310 e. The molecule has 0 bridgehead atoms. The molecule has 20 heavy (non-hydrogen) atoms. The molecule has 0 aliphatic rings. The molecular formula is C16H30N2S2. The number of aromatic nitrogens is 1. The van der Waals surface area contributed by atoms with Crippen LogP contribution >= 0.6 is 23.1 Å². The first-order valence-corrected chi connectivity index (χ1v) is 9.61. The van der Waals surface area contributed by atoms with Crippen molar-refractivity contribution in [2.75, 3.05) is 0 Å². The lowest BCUT2D eigenvalue weighted by Gasteiger charge is -2.08. The van der Waals surface area contributed by atoms with Crippen molar-refractivity contribution in [1.29, 1.82) is 0 Å². The quantitative estimate of drug-likeness (QED) is 0.704. The molecule has 1 atom stereocenters. The zero-order valence-electron chi connectivity index (χ0n) is 13.8. The van der Waals surface area contributed by atoms with E-state index in [0.717, 1.165) is 24.0 Å². The first-order chi connectivity index (χ1) is 9.42. The summed E-state index contributed by atoms with van der Waals surface area (Å²) in [6, 6.07) is 0.530. The van der Waals surface area contributed by atoms with Gasteiger partial charge >= 0.3 is 0 Å². The average molecular weight is 315 g/mol. The van der Waals surface area contributed by atoms with Gasteiger partial charge in [0.2, 0.25) is 0 Å². The molecule has 0 aromatic carbocycles. The van der Waals surface area contributed by atoms with Crippen LogP contribution in [0.5, 0.6) is 0 Å². The van der Waals surface area contributed by atoms with E-state index < -0.39 is 0 Å². The first-order valence-electron chi connectivity index (χ1n) is 7.74. The summed E-state index contributed by atoms with van der Waals surface area (Å²) < 4.78 is 0. The number of nitrogens with one attached hydrogen (secondary N) is 1. The number of rotatable bonds is 9. The first kappa shape index (κ1) is 18.0. The molecule has 0 saturated heterocycles. The fourth-order valence-corrected chi connectivity index (χ4v) is 3.82. The minimum atomic E-state index is 0.530. The van der Waals surface area contributed by atoms with E-state index in [2.05, 4.69) is 46.9 Å². The van der Waals surface area contributed by atoms with Crippen LogP contribution in [0.25, 0.3) is 0 Å². The van der Waals surface area contributed by atoms with E-state index in [-0.39, 0.29) is 0 Å². The van der Waals surface area contributed by atoms with Crippen molar-refractivity contribution in [2.24, 2.45) is 5.92 Å². The van der Waals surface area contributed by atoms with Crippen molar-refractivity contribution >= 4 is 23.1 Å². The second kappa shape index (κ2) is 9.06. The summed E-state index contributed by atoms with van der Waals surface area (Å²) in [5, 5.41) is 5.55. The second-order valence-electron chi connectivity index (χ2n) is 6.14. The molecule has 1 unspecified atom stereocenters. The van der Waals surface area contributed by atoms with Gasteiger partial charge in [-0.3, -0.25) is 0 Å². The van der Waals surface area contributed by atoms with Gasteiger partial charge in [0, 0.05) is 28.5 Å². The van der Waals surface area contributed by atoms with Crippen molar-refractivity contribution in [3.8, 4) is 0 Å². The third-order valence-electron chi connectivity index (χ3n) is 3.16. The lowest BCUT2D eigenvalue weighted by Crippen LogP contribution is -2.22. The lowest BCUT2D eigenvalue weighted by molar-refractivity contribution is 0.581. The van der Waals surface area contributed by atoms with Gasteiger partial charge in [-0.2, -0.15) is 11.8 Å². The number of thioether (sulfide) groups is 1. The molecule has 0 fully saturated rings. The summed E-state index contributed by atoms with van der Waals surface area (Å²) in [4.78, 5) is 6.33. The van der Waals surface area contributed by atoms with Crippen LogP contribution < -0.4 is 5.32 Å². The van der Waals surface area contributed by atoms with Gasteiger partial charge in [0.05, 0.1) is 5.69 Å². The number of thiazole rings is 1. The fourth-order valence-electron chi connectivity index (χ4n) is 1.81. The van der Waals surface area contributed by atoms with Crippen molar-refractivity contribution in [2.45, 2.75) is 78.0 Å². The highest BCUT2D eigenvalue weighted by Crippen LogP contribution is 2.27. The molecule has 4 heteroatoms. The molecule has 1 N–H and O–H groups in total. The van der Waals surface area contributed by atoms with Crippen molar-refractivity contribution < 1.29 is 0 Å². The van der Waals surface area contributed by atoms with Gasteiger partial charge in [-0.1, -0.05) is 41.5 Å². The van der Waals surface area contributed by atoms with Crippen molar-refractivity contribution in [3.05, 3.63) is 15.6 Å². The molecule has 1 aromatic heterocycles. The van der Waals surface area contributed by atoms with Gasteiger partial charge in [0.1, 0.15) is 5.01 Å². The maximum atomic E-state index is 4.89. The summed E-state index contributed by atoms with van der Waals surface area (Å²) in [6.07, 6.45) is 2.33. The van der Waals surface area contributed by atoms with Crippen molar-refractivity contribution in [3.63, 3.8) is 0 Å². The standard InChI is InChI=1S/C16H30N2S2/c1-7-13(6)19-10-16-18-14(8-11(2)3)15(20-16)9-17-12(4)5/h11-13,17H,7-10H2,1-6H3. The van der Waals surface area contributed by atoms with E-state index in [4.69, 9.17) is 4.98 Å². The highest BCUT2D eigenvalue weighted by Gasteiger charge is 2.13. The zero-order chi connectivity index (χ0) is 15.1. The summed E-state index contributed by atoms with van der Waals surface area (Å²) in [5.41, 5.74) is 1.32. The number of nitrogens with zero attached hydrogens (tertiary/aromatic N) is 1. The molecule has 1 rings (SSSR count). The minimum absolute atomic E-state index is 0.530. The van der Waals surface area contributed by atoms with Gasteiger partial charge in [0.15, 0.2) is 0 Å². The van der Waals surface area contributed by atoms with Gasteiger partial charge < -0.3 is 5.32 Å². The maximum absolute atomic E-state index is 4.89. The summed E-state index contributed by atoms with van der Waals surface area (Å²) in [7, 11) is 0. The molecule has 0 aliphatic carbocycles. The van der Waals surface area contributed by atoms with E-state index in [1.165, 1.54) is 22.0 Å². The molecule has 116 valence electrons. The van der Waals surface area contributed by atoms with E-state index in [1.54, 1.807) is 0 Å². The molecular weight excluding hydrogens is 284 g/mol. The Morgan fingerprint density at radius 1 is 1.20 bits per heavy atom. The Labute approximate surface area is 133 Å². The van der Waals surface area contributed by atoms with E-state index in [9.17, 15) is 0 Å². The van der Waals surface area contributed by atoms with Gasteiger partial charge in [-0.25, -0.2) is 4.98 Å². The van der Waals surface area contributed by atoms with Gasteiger partial charge in [0.25, 0.3) is 0 Å². The van der Waals surface area contributed by atoms with Crippen LogP contribution in [0, 0.1) is 5.92 Å². The molecule has 1 aromatic rings. The van der Waals surface area contributed by atoms with E-state index in [0.29, 0.717) is 12.0 Å². The molecule has 0 saturated carbocycles. The predicted molar refractivity (Wildman–Crippen MR) is 93.7 cm³/mol. The summed E-state index contributed by atoms with van der Waals surface area (Å²) in [6.45, 7) is 14.5. The number of hydrogen-bond acceptors (Lipinski definition) is 4. The zero-order valence-corrected chi connectivity index (χ0v) is 15.5. The third-order valence-corrected chi connectivity index (χ3v) is 5.78. The minimum Gasteiger partial charge on any atom is -0.310 e. The van der Waals surface area contributed by atoms with E-state index >= 15 is 0 Å².